The number of pyridine rings is 2. The molecule has 4 heterocycles. The summed E-state index contributed by atoms with van der Waals surface area (Å²) >= 11 is 0. The first-order valence-electron chi connectivity index (χ1n) is 9.03. The number of benzene rings is 1. The molecule has 0 aliphatic heterocycles. The van der Waals surface area contributed by atoms with Crippen molar-refractivity contribution >= 4 is 11.6 Å². The van der Waals surface area contributed by atoms with Crippen LogP contribution in [0.15, 0.2) is 79.4 Å². The Balaban J connectivity index is 1.60. The van der Waals surface area contributed by atoms with E-state index in [1.807, 2.05) is 59.3 Å². The second-order valence-electron chi connectivity index (χ2n) is 6.60. The van der Waals surface area contributed by atoms with Gasteiger partial charge in [-0.05, 0) is 36.4 Å². The van der Waals surface area contributed by atoms with Gasteiger partial charge < -0.3 is 5.73 Å². The van der Waals surface area contributed by atoms with E-state index in [0.717, 1.165) is 39.4 Å². The summed E-state index contributed by atoms with van der Waals surface area (Å²) < 4.78 is 2.02. The molecule has 0 spiro atoms. The maximum Gasteiger partial charge on any atom is 0.248 e. The third-order valence-electron chi connectivity index (χ3n) is 4.84. The van der Waals surface area contributed by atoms with Crippen LogP contribution in [0.5, 0.6) is 0 Å². The van der Waals surface area contributed by atoms with Crippen molar-refractivity contribution in [2.75, 3.05) is 0 Å². The van der Waals surface area contributed by atoms with Crippen molar-refractivity contribution in [3.63, 3.8) is 0 Å². The average Bonchev–Trinajstić information content (AvgIpc) is 3.41. The van der Waals surface area contributed by atoms with Gasteiger partial charge in [0.2, 0.25) is 5.91 Å². The Bertz CT molecular complexity index is 1320. The summed E-state index contributed by atoms with van der Waals surface area (Å²) in [5, 5.41) is 7.28. The fraction of sp³-hybridized carbons (Fsp3) is 0. The predicted molar refractivity (Wildman–Crippen MR) is 110 cm³/mol. The highest BCUT2D eigenvalue weighted by molar-refractivity contribution is 5.93. The first kappa shape index (κ1) is 16.9. The summed E-state index contributed by atoms with van der Waals surface area (Å²) in [6.45, 7) is 0. The minimum atomic E-state index is -0.450. The van der Waals surface area contributed by atoms with Crippen LogP contribution >= 0.6 is 0 Å². The van der Waals surface area contributed by atoms with Crippen molar-refractivity contribution in [1.82, 2.24) is 24.6 Å². The lowest BCUT2D eigenvalue weighted by atomic mass is 10.0. The predicted octanol–water partition coefficient (Wildman–Crippen LogP) is 3.55. The number of H-pyrrole nitrogens is 1. The largest absolute Gasteiger partial charge is 0.366 e. The summed E-state index contributed by atoms with van der Waals surface area (Å²) in [5.74, 6) is -0.450. The van der Waals surface area contributed by atoms with Gasteiger partial charge in [0.1, 0.15) is 5.65 Å². The molecule has 0 saturated heterocycles. The Morgan fingerprint density at radius 2 is 1.76 bits per heavy atom. The lowest BCUT2D eigenvalue weighted by Crippen LogP contribution is -2.10. The molecule has 0 aliphatic carbocycles. The molecule has 0 atom stereocenters. The van der Waals surface area contributed by atoms with Gasteiger partial charge in [-0.15, -0.1) is 0 Å². The molecule has 7 heteroatoms. The third-order valence-corrected chi connectivity index (χ3v) is 4.84. The molecule has 7 nitrogen and oxygen atoms in total. The zero-order chi connectivity index (χ0) is 19.8. The maximum absolute atomic E-state index is 11.3. The Morgan fingerprint density at radius 1 is 0.931 bits per heavy atom. The molecule has 140 valence electrons. The molecule has 5 aromatic rings. The minimum Gasteiger partial charge on any atom is -0.366 e. The number of carbonyl (C=O) groups excluding carboxylic acids is 1. The first-order chi connectivity index (χ1) is 14.2. The molecule has 0 fully saturated rings. The van der Waals surface area contributed by atoms with E-state index in [1.54, 1.807) is 24.5 Å². The number of hydrogen-bond acceptors (Lipinski definition) is 4. The second-order valence-corrected chi connectivity index (χ2v) is 6.60. The fourth-order valence-corrected chi connectivity index (χ4v) is 3.37. The van der Waals surface area contributed by atoms with Crippen molar-refractivity contribution < 1.29 is 4.79 Å². The fourth-order valence-electron chi connectivity index (χ4n) is 3.37. The standard InChI is InChI=1S/C22H16N6O/c23-22(29)15-6-4-14(5-7-15)21-17(11-26-27-21)16-8-9-20-25-12-19(28(20)13-16)18-3-1-2-10-24-18/h1-13H,(H2,23,29)(H,26,27). The molecule has 5 rings (SSSR count). The van der Waals surface area contributed by atoms with Crippen LogP contribution in [-0.4, -0.2) is 30.5 Å². The van der Waals surface area contributed by atoms with E-state index < -0.39 is 5.91 Å². The highest BCUT2D eigenvalue weighted by atomic mass is 16.1. The number of primary amides is 1. The Labute approximate surface area is 165 Å². The Morgan fingerprint density at radius 3 is 2.52 bits per heavy atom. The molecule has 0 bridgehead atoms. The first-order valence-corrected chi connectivity index (χ1v) is 9.03. The highest BCUT2D eigenvalue weighted by Gasteiger charge is 2.13. The molecule has 29 heavy (non-hydrogen) atoms. The van der Waals surface area contributed by atoms with Crippen molar-refractivity contribution in [3.05, 3.63) is 84.9 Å². The summed E-state index contributed by atoms with van der Waals surface area (Å²) in [7, 11) is 0. The number of carbonyl (C=O) groups is 1. The van der Waals surface area contributed by atoms with E-state index >= 15 is 0 Å². The molecule has 1 amide bonds. The molecule has 3 N–H and O–H groups in total. The van der Waals surface area contributed by atoms with Gasteiger partial charge in [0.25, 0.3) is 0 Å². The summed E-state index contributed by atoms with van der Waals surface area (Å²) in [6, 6.07) is 16.9. The van der Waals surface area contributed by atoms with Gasteiger partial charge in [-0.2, -0.15) is 5.10 Å². The zero-order valence-corrected chi connectivity index (χ0v) is 15.3. The second kappa shape index (κ2) is 6.72. The van der Waals surface area contributed by atoms with E-state index in [2.05, 4.69) is 20.2 Å². The number of nitrogens with zero attached hydrogens (tertiary/aromatic N) is 4. The topological polar surface area (TPSA) is 102 Å². The molecule has 0 unspecified atom stereocenters. The molecule has 0 radical (unpaired) electrons. The quantitative estimate of drug-likeness (QED) is 0.498. The van der Waals surface area contributed by atoms with Gasteiger partial charge in [-0.25, -0.2) is 4.98 Å². The van der Waals surface area contributed by atoms with Crippen molar-refractivity contribution in [2.24, 2.45) is 5.73 Å². The normalized spacial score (nSPS) is 11.0. The van der Waals surface area contributed by atoms with E-state index in [0.29, 0.717) is 5.56 Å². The number of rotatable bonds is 4. The van der Waals surface area contributed by atoms with E-state index in [1.165, 1.54) is 0 Å². The van der Waals surface area contributed by atoms with Gasteiger partial charge in [0, 0.05) is 34.6 Å². The average molecular weight is 380 g/mol. The summed E-state index contributed by atoms with van der Waals surface area (Å²) in [5.41, 5.74) is 12.1. The Kier molecular flexibility index (Phi) is 3.91. The Hall–Kier alpha value is -4.26. The number of hydrogen-bond donors (Lipinski definition) is 2. The van der Waals surface area contributed by atoms with E-state index in [9.17, 15) is 4.79 Å². The van der Waals surface area contributed by atoms with E-state index in [4.69, 9.17) is 5.73 Å². The third kappa shape index (κ3) is 2.94. The number of nitrogens with two attached hydrogens (primary N) is 1. The van der Waals surface area contributed by atoms with Gasteiger partial charge >= 0.3 is 0 Å². The number of fused-ring (bicyclic) bond motifs is 1. The lowest BCUT2D eigenvalue weighted by molar-refractivity contribution is 0.100. The molecule has 0 saturated carbocycles. The van der Waals surface area contributed by atoms with Crippen LogP contribution in [0.25, 0.3) is 39.4 Å². The zero-order valence-electron chi connectivity index (χ0n) is 15.3. The van der Waals surface area contributed by atoms with Gasteiger partial charge in [-0.3, -0.25) is 19.3 Å². The smallest absolute Gasteiger partial charge is 0.248 e. The monoisotopic (exact) mass is 380 g/mol. The van der Waals surface area contributed by atoms with Crippen LogP contribution in [0, 0.1) is 0 Å². The van der Waals surface area contributed by atoms with Gasteiger partial charge in [0.05, 0.1) is 29.5 Å². The minimum absolute atomic E-state index is 0.450. The number of imidazole rings is 1. The van der Waals surface area contributed by atoms with Gasteiger partial charge in [0.15, 0.2) is 0 Å². The summed E-state index contributed by atoms with van der Waals surface area (Å²) in [4.78, 5) is 20.2. The van der Waals surface area contributed by atoms with Crippen LogP contribution in [0.2, 0.25) is 0 Å². The number of aromatic amines is 1. The van der Waals surface area contributed by atoms with Crippen molar-refractivity contribution in [2.45, 2.75) is 0 Å². The van der Waals surface area contributed by atoms with Crippen LogP contribution in [-0.2, 0) is 0 Å². The van der Waals surface area contributed by atoms with Crippen LogP contribution in [0.3, 0.4) is 0 Å². The molecule has 0 aliphatic rings. The number of aromatic nitrogens is 5. The molecule has 1 aromatic carbocycles. The SMILES string of the molecule is NC(=O)c1ccc(-c2[nH]ncc2-c2ccc3ncc(-c4ccccn4)n3c2)cc1. The summed E-state index contributed by atoms with van der Waals surface area (Å²) in [6.07, 6.45) is 7.40. The highest BCUT2D eigenvalue weighted by Crippen LogP contribution is 2.31. The van der Waals surface area contributed by atoms with E-state index in [-0.39, 0.29) is 0 Å². The molecular weight excluding hydrogens is 364 g/mol. The molecular formula is C22H16N6O. The number of nitrogens with one attached hydrogen (secondary N) is 1. The molecule has 4 aromatic heterocycles. The van der Waals surface area contributed by atoms with Crippen LogP contribution in [0.1, 0.15) is 10.4 Å². The van der Waals surface area contributed by atoms with Gasteiger partial charge in [-0.1, -0.05) is 18.2 Å². The van der Waals surface area contributed by atoms with Crippen molar-refractivity contribution in [1.29, 1.82) is 0 Å². The van der Waals surface area contributed by atoms with Crippen molar-refractivity contribution in [3.8, 4) is 33.8 Å². The number of amides is 1. The maximum atomic E-state index is 11.3. The van der Waals surface area contributed by atoms with Crippen LogP contribution in [0.4, 0.5) is 0 Å². The van der Waals surface area contributed by atoms with Crippen LogP contribution < -0.4 is 5.73 Å². The lowest BCUT2D eigenvalue weighted by Gasteiger charge is -2.07.